The predicted octanol–water partition coefficient (Wildman–Crippen LogP) is 1.06. The van der Waals surface area contributed by atoms with Crippen molar-refractivity contribution in [3.8, 4) is 0 Å². The van der Waals surface area contributed by atoms with Crippen LogP contribution in [0.25, 0.3) is 0 Å². The molecule has 0 bridgehead atoms. The summed E-state index contributed by atoms with van der Waals surface area (Å²) < 4.78 is 26.3. The monoisotopic (exact) mass is 350 g/mol. The molecule has 9 heteroatoms. The van der Waals surface area contributed by atoms with Crippen molar-refractivity contribution in [2.45, 2.75) is 18.9 Å². The van der Waals surface area contributed by atoms with Crippen LogP contribution in [0.3, 0.4) is 0 Å². The number of carbonyl (C=O) groups is 1. The Morgan fingerprint density at radius 3 is 2.68 bits per heavy atom. The second-order valence-corrected chi connectivity index (χ2v) is 5.86. The molecule has 7 nitrogen and oxygen atoms in total. The van der Waals surface area contributed by atoms with Crippen molar-refractivity contribution in [1.29, 1.82) is 0 Å². The third kappa shape index (κ3) is 3.93. The molecule has 1 aliphatic heterocycles. The van der Waals surface area contributed by atoms with Gasteiger partial charge in [0.25, 0.3) is 11.5 Å². The highest BCUT2D eigenvalue weighted by Crippen LogP contribution is 2.19. The van der Waals surface area contributed by atoms with Crippen molar-refractivity contribution in [3.63, 3.8) is 0 Å². The van der Waals surface area contributed by atoms with Gasteiger partial charge in [-0.05, 0) is 25.0 Å². The van der Waals surface area contributed by atoms with E-state index in [1.165, 1.54) is 11.0 Å². The van der Waals surface area contributed by atoms with E-state index in [1.54, 1.807) is 0 Å². The van der Waals surface area contributed by atoms with Gasteiger partial charge < -0.3 is 15.2 Å². The SMILES string of the molecule is O=C(c1cc(=O)[nH]c(=O)[nH]1)N1CCCC(Nc2ccc(F)c(F)c2)C1. The molecule has 1 aromatic carbocycles. The fourth-order valence-corrected chi connectivity index (χ4v) is 2.86. The van der Waals surface area contributed by atoms with Gasteiger partial charge in [0.1, 0.15) is 5.69 Å². The van der Waals surface area contributed by atoms with Crippen molar-refractivity contribution in [2.24, 2.45) is 0 Å². The number of H-pyrrole nitrogens is 2. The molecule has 1 saturated heterocycles. The lowest BCUT2D eigenvalue weighted by atomic mass is 10.0. The first-order valence-electron chi connectivity index (χ1n) is 7.77. The molecule has 2 heterocycles. The third-order valence-electron chi connectivity index (χ3n) is 3.99. The summed E-state index contributed by atoms with van der Waals surface area (Å²) in [4.78, 5) is 40.9. The van der Waals surface area contributed by atoms with E-state index >= 15 is 0 Å². The van der Waals surface area contributed by atoms with Crippen molar-refractivity contribution in [3.05, 3.63) is 62.4 Å². The number of halogens is 2. The Morgan fingerprint density at radius 2 is 1.96 bits per heavy atom. The molecule has 0 radical (unpaired) electrons. The second kappa shape index (κ2) is 6.88. The number of nitrogens with zero attached hydrogens (tertiary/aromatic N) is 1. The molecule has 25 heavy (non-hydrogen) atoms. The molecule has 1 fully saturated rings. The molecule has 132 valence electrons. The van der Waals surface area contributed by atoms with Crippen LogP contribution in [0.1, 0.15) is 23.3 Å². The maximum Gasteiger partial charge on any atom is 0.326 e. The molecule has 1 aliphatic rings. The second-order valence-electron chi connectivity index (χ2n) is 5.86. The summed E-state index contributed by atoms with van der Waals surface area (Å²) in [5.74, 6) is -2.33. The van der Waals surface area contributed by atoms with Crippen LogP contribution in [0, 0.1) is 11.6 Å². The standard InChI is InChI=1S/C16H16F2N4O3/c17-11-4-3-9(6-12(11)18)19-10-2-1-5-22(8-10)15(24)13-7-14(23)21-16(25)20-13/h3-4,6-7,10,19H,1-2,5,8H2,(H2,20,21,23,25). The van der Waals surface area contributed by atoms with E-state index in [-0.39, 0.29) is 11.7 Å². The zero-order valence-electron chi connectivity index (χ0n) is 13.1. The number of nitrogens with one attached hydrogen (secondary N) is 3. The van der Waals surface area contributed by atoms with Crippen molar-refractivity contribution in [1.82, 2.24) is 14.9 Å². The Labute approximate surface area is 140 Å². The Kier molecular flexibility index (Phi) is 4.64. The van der Waals surface area contributed by atoms with Crippen LogP contribution in [0.5, 0.6) is 0 Å². The minimum absolute atomic E-state index is 0.0813. The molecule has 0 aliphatic carbocycles. The molecule has 1 amide bonds. The number of likely N-dealkylation sites (tertiary alicyclic amines) is 1. The normalized spacial score (nSPS) is 17.4. The number of anilines is 1. The summed E-state index contributed by atoms with van der Waals surface area (Å²) in [5, 5.41) is 3.07. The first-order chi connectivity index (χ1) is 11.9. The van der Waals surface area contributed by atoms with Gasteiger partial charge in [0.05, 0.1) is 0 Å². The van der Waals surface area contributed by atoms with Crippen LogP contribution in [0.4, 0.5) is 14.5 Å². The zero-order chi connectivity index (χ0) is 18.0. The fourth-order valence-electron chi connectivity index (χ4n) is 2.86. The summed E-state index contributed by atoms with van der Waals surface area (Å²) in [6.45, 7) is 0.788. The summed E-state index contributed by atoms with van der Waals surface area (Å²) in [7, 11) is 0. The topological polar surface area (TPSA) is 98.1 Å². The number of rotatable bonds is 3. The number of aromatic amines is 2. The molecule has 2 aromatic rings. The lowest BCUT2D eigenvalue weighted by Crippen LogP contribution is -2.46. The van der Waals surface area contributed by atoms with E-state index in [2.05, 4.69) is 10.3 Å². The largest absolute Gasteiger partial charge is 0.380 e. The maximum absolute atomic E-state index is 13.3. The molecule has 0 saturated carbocycles. The van der Waals surface area contributed by atoms with Gasteiger partial charge in [-0.25, -0.2) is 13.6 Å². The number of aromatic nitrogens is 2. The van der Waals surface area contributed by atoms with E-state index in [1.807, 2.05) is 4.98 Å². The van der Waals surface area contributed by atoms with E-state index in [4.69, 9.17) is 0 Å². The van der Waals surface area contributed by atoms with Gasteiger partial charge in [0.2, 0.25) is 0 Å². The molecular weight excluding hydrogens is 334 g/mol. The van der Waals surface area contributed by atoms with Gasteiger partial charge in [-0.3, -0.25) is 14.6 Å². The highest BCUT2D eigenvalue weighted by Gasteiger charge is 2.25. The average molecular weight is 350 g/mol. The number of amides is 1. The predicted molar refractivity (Wildman–Crippen MR) is 86.6 cm³/mol. The number of hydrogen-bond acceptors (Lipinski definition) is 4. The van der Waals surface area contributed by atoms with E-state index < -0.39 is 28.8 Å². The maximum atomic E-state index is 13.3. The van der Waals surface area contributed by atoms with Gasteiger partial charge >= 0.3 is 5.69 Å². The summed E-state index contributed by atoms with van der Waals surface area (Å²) in [6.07, 6.45) is 1.44. The van der Waals surface area contributed by atoms with Gasteiger partial charge in [-0.2, -0.15) is 0 Å². The van der Waals surface area contributed by atoms with Gasteiger partial charge in [0.15, 0.2) is 11.6 Å². The lowest BCUT2D eigenvalue weighted by molar-refractivity contribution is 0.0708. The van der Waals surface area contributed by atoms with Crippen LogP contribution in [0.15, 0.2) is 33.9 Å². The molecule has 0 spiro atoms. The van der Waals surface area contributed by atoms with Crippen molar-refractivity contribution >= 4 is 11.6 Å². The van der Waals surface area contributed by atoms with Gasteiger partial charge in [-0.15, -0.1) is 0 Å². The Hall–Kier alpha value is -2.97. The number of benzene rings is 1. The number of hydrogen-bond donors (Lipinski definition) is 3. The zero-order valence-corrected chi connectivity index (χ0v) is 13.1. The Balaban J connectivity index is 1.72. The summed E-state index contributed by atoms with van der Waals surface area (Å²) >= 11 is 0. The summed E-state index contributed by atoms with van der Waals surface area (Å²) in [5.41, 5.74) is -1.06. The molecular formula is C16H16F2N4O3. The first-order valence-corrected chi connectivity index (χ1v) is 7.77. The minimum Gasteiger partial charge on any atom is -0.380 e. The number of carbonyl (C=O) groups excluding carboxylic acids is 1. The fraction of sp³-hybridized carbons (Fsp3) is 0.312. The Morgan fingerprint density at radius 1 is 1.16 bits per heavy atom. The summed E-state index contributed by atoms with van der Waals surface area (Å²) in [6, 6.07) is 4.40. The van der Waals surface area contributed by atoms with Crippen molar-refractivity contribution in [2.75, 3.05) is 18.4 Å². The van der Waals surface area contributed by atoms with E-state index in [0.29, 0.717) is 25.2 Å². The minimum atomic E-state index is -0.949. The van der Waals surface area contributed by atoms with Gasteiger partial charge in [-0.1, -0.05) is 0 Å². The van der Waals surface area contributed by atoms with E-state index in [0.717, 1.165) is 24.6 Å². The Bertz CT molecular complexity index is 880. The smallest absolute Gasteiger partial charge is 0.326 e. The van der Waals surface area contributed by atoms with Crippen LogP contribution >= 0.6 is 0 Å². The lowest BCUT2D eigenvalue weighted by Gasteiger charge is -2.33. The van der Waals surface area contributed by atoms with Crippen LogP contribution in [-0.2, 0) is 0 Å². The first kappa shape index (κ1) is 16.9. The molecule has 3 N–H and O–H groups in total. The van der Waals surface area contributed by atoms with Crippen LogP contribution in [0.2, 0.25) is 0 Å². The highest BCUT2D eigenvalue weighted by molar-refractivity contribution is 5.92. The van der Waals surface area contributed by atoms with E-state index in [9.17, 15) is 23.2 Å². The average Bonchev–Trinajstić information content (AvgIpc) is 2.57. The molecule has 1 atom stereocenters. The molecule has 3 rings (SSSR count). The number of piperidine rings is 1. The molecule has 1 aromatic heterocycles. The van der Waals surface area contributed by atoms with Crippen molar-refractivity contribution < 1.29 is 13.6 Å². The highest BCUT2D eigenvalue weighted by atomic mass is 19.2. The van der Waals surface area contributed by atoms with Crippen LogP contribution in [-0.4, -0.2) is 39.9 Å². The van der Waals surface area contributed by atoms with Crippen LogP contribution < -0.4 is 16.6 Å². The quantitative estimate of drug-likeness (QED) is 0.771. The third-order valence-corrected chi connectivity index (χ3v) is 3.99. The van der Waals surface area contributed by atoms with Gasteiger partial charge in [0, 0.05) is 37.0 Å². The molecule has 1 unspecified atom stereocenters.